The van der Waals surface area contributed by atoms with E-state index in [9.17, 15) is 0 Å². The number of hydrogen-bond acceptors (Lipinski definition) is 2. The molecule has 0 aliphatic rings. The molecule has 2 aromatic carbocycles. The lowest BCUT2D eigenvalue weighted by Crippen LogP contribution is -2.09. The van der Waals surface area contributed by atoms with E-state index in [1.54, 1.807) is 0 Å². The van der Waals surface area contributed by atoms with Crippen molar-refractivity contribution in [3.8, 4) is 5.75 Å². The Balaban J connectivity index is 1.89. The van der Waals surface area contributed by atoms with Gasteiger partial charge in [0.25, 0.3) is 0 Å². The summed E-state index contributed by atoms with van der Waals surface area (Å²) in [6, 6.07) is 15.9. The van der Waals surface area contributed by atoms with Gasteiger partial charge in [0.05, 0.1) is 6.10 Å². The molecule has 0 bridgehead atoms. The molecular weight excluding hydrogens is 270 g/mol. The highest BCUT2D eigenvalue weighted by Gasteiger charge is 2.01. The molecule has 1 N–H and O–H groups in total. The minimum Gasteiger partial charge on any atom is -0.491 e. The molecule has 0 amide bonds. The van der Waals surface area contributed by atoms with Crippen molar-refractivity contribution in [1.29, 1.82) is 0 Å². The maximum Gasteiger partial charge on any atom is 0.119 e. The number of anilines is 1. The Kier molecular flexibility index (Phi) is 5.31. The van der Waals surface area contributed by atoms with Gasteiger partial charge in [0.1, 0.15) is 5.75 Å². The lowest BCUT2D eigenvalue weighted by Gasteiger charge is -2.13. The average Bonchev–Trinajstić information content (AvgIpc) is 2.48. The first-order chi connectivity index (χ1) is 9.67. The van der Waals surface area contributed by atoms with Crippen molar-refractivity contribution < 1.29 is 4.74 Å². The number of rotatable bonds is 6. The summed E-state index contributed by atoms with van der Waals surface area (Å²) in [7, 11) is 0. The molecule has 0 aliphatic carbocycles. The van der Waals surface area contributed by atoms with E-state index in [-0.39, 0.29) is 6.10 Å². The highest BCUT2D eigenvalue weighted by molar-refractivity contribution is 6.30. The normalized spacial score (nSPS) is 11.9. The van der Waals surface area contributed by atoms with E-state index >= 15 is 0 Å². The molecule has 2 aromatic rings. The van der Waals surface area contributed by atoms with Crippen molar-refractivity contribution in [3.05, 3.63) is 59.1 Å². The summed E-state index contributed by atoms with van der Waals surface area (Å²) in [4.78, 5) is 0. The van der Waals surface area contributed by atoms with E-state index < -0.39 is 0 Å². The van der Waals surface area contributed by atoms with Crippen molar-refractivity contribution in [1.82, 2.24) is 0 Å². The van der Waals surface area contributed by atoms with Gasteiger partial charge in [-0.1, -0.05) is 30.7 Å². The molecule has 2 nitrogen and oxygen atoms in total. The van der Waals surface area contributed by atoms with Crippen LogP contribution in [0.3, 0.4) is 0 Å². The summed E-state index contributed by atoms with van der Waals surface area (Å²) >= 11 is 5.87. The standard InChI is InChI=1S/C17H20ClNO/c1-3-13(2)20-17-10-8-16(9-11-17)19-12-14-4-6-15(18)7-5-14/h4-11,13,19H,3,12H2,1-2H3. The van der Waals surface area contributed by atoms with E-state index in [0.29, 0.717) is 0 Å². The van der Waals surface area contributed by atoms with Crippen molar-refractivity contribution in [2.75, 3.05) is 5.32 Å². The Labute approximate surface area is 125 Å². The van der Waals surface area contributed by atoms with Gasteiger partial charge < -0.3 is 10.1 Å². The van der Waals surface area contributed by atoms with Crippen molar-refractivity contribution in [2.45, 2.75) is 32.9 Å². The van der Waals surface area contributed by atoms with E-state index in [4.69, 9.17) is 16.3 Å². The summed E-state index contributed by atoms with van der Waals surface area (Å²) in [5, 5.41) is 4.14. The molecule has 0 radical (unpaired) electrons. The van der Waals surface area contributed by atoms with Crippen LogP contribution in [-0.4, -0.2) is 6.10 Å². The third-order valence-corrected chi connectivity index (χ3v) is 3.43. The van der Waals surface area contributed by atoms with E-state index in [0.717, 1.165) is 29.4 Å². The molecule has 2 rings (SSSR count). The lowest BCUT2D eigenvalue weighted by atomic mass is 10.2. The Morgan fingerprint density at radius 2 is 1.70 bits per heavy atom. The van der Waals surface area contributed by atoms with Crippen LogP contribution in [0.4, 0.5) is 5.69 Å². The molecule has 0 aromatic heterocycles. The second kappa shape index (κ2) is 7.20. The quantitative estimate of drug-likeness (QED) is 0.796. The fraction of sp³-hybridized carbons (Fsp3) is 0.294. The molecule has 106 valence electrons. The first kappa shape index (κ1) is 14.7. The summed E-state index contributed by atoms with van der Waals surface area (Å²) in [6.45, 7) is 4.97. The van der Waals surface area contributed by atoms with Gasteiger partial charge >= 0.3 is 0 Å². The maximum absolute atomic E-state index is 5.87. The zero-order valence-electron chi connectivity index (χ0n) is 11.9. The van der Waals surface area contributed by atoms with Crippen LogP contribution in [0.1, 0.15) is 25.8 Å². The average molecular weight is 290 g/mol. The van der Waals surface area contributed by atoms with Crippen LogP contribution in [-0.2, 0) is 6.54 Å². The van der Waals surface area contributed by atoms with Crippen molar-refractivity contribution in [2.24, 2.45) is 0 Å². The van der Waals surface area contributed by atoms with Crippen molar-refractivity contribution >= 4 is 17.3 Å². The number of hydrogen-bond donors (Lipinski definition) is 1. The van der Waals surface area contributed by atoms with E-state index in [1.165, 1.54) is 5.56 Å². The van der Waals surface area contributed by atoms with Crippen LogP contribution < -0.4 is 10.1 Å². The largest absolute Gasteiger partial charge is 0.491 e. The third kappa shape index (κ3) is 4.46. The maximum atomic E-state index is 5.87. The Bertz CT molecular complexity index is 522. The summed E-state index contributed by atoms with van der Waals surface area (Å²) in [5.74, 6) is 0.913. The molecule has 0 aliphatic heterocycles. The molecule has 1 unspecified atom stereocenters. The lowest BCUT2D eigenvalue weighted by molar-refractivity contribution is 0.217. The topological polar surface area (TPSA) is 21.3 Å². The number of benzene rings is 2. The molecule has 1 atom stereocenters. The van der Waals surface area contributed by atoms with Crippen LogP contribution in [0.2, 0.25) is 5.02 Å². The molecule has 3 heteroatoms. The smallest absolute Gasteiger partial charge is 0.119 e. The Morgan fingerprint density at radius 3 is 2.30 bits per heavy atom. The van der Waals surface area contributed by atoms with Crippen LogP contribution in [0, 0.1) is 0 Å². The Morgan fingerprint density at radius 1 is 1.05 bits per heavy atom. The van der Waals surface area contributed by atoms with Crippen molar-refractivity contribution in [3.63, 3.8) is 0 Å². The van der Waals surface area contributed by atoms with Crippen LogP contribution >= 0.6 is 11.6 Å². The van der Waals surface area contributed by atoms with Gasteiger partial charge in [-0.2, -0.15) is 0 Å². The van der Waals surface area contributed by atoms with Gasteiger partial charge in [0.15, 0.2) is 0 Å². The fourth-order valence-corrected chi connectivity index (χ4v) is 1.90. The molecular formula is C17H20ClNO. The van der Waals surface area contributed by atoms with Gasteiger partial charge in [0, 0.05) is 17.3 Å². The van der Waals surface area contributed by atoms with Crippen LogP contribution in [0.15, 0.2) is 48.5 Å². The van der Waals surface area contributed by atoms with Crippen LogP contribution in [0.5, 0.6) is 5.75 Å². The highest BCUT2D eigenvalue weighted by Crippen LogP contribution is 2.18. The number of ether oxygens (including phenoxy) is 1. The molecule has 0 spiro atoms. The van der Waals surface area contributed by atoms with E-state index in [1.807, 2.05) is 48.5 Å². The summed E-state index contributed by atoms with van der Waals surface area (Å²) < 4.78 is 5.75. The van der Waals surface area contributed by atoms with Gasteiger partial charge in [-0.25, -0.2) is 0 Å². The van der Waals surface area contributed by atoms with Gasteiger partial charge in [0.2, 0.25) is 0 Å². The molecule has 20 heavy (non-hydrogen) atoms. The molecule has 0 fully saturated rings. The minimum absolute atomic E-state index is 0.253. The number of halogens is 1. The van der Waals surface area contributed by atoms with Crippen LogP contribution in [0.25, 0.3) is 0 Å². The van der Waals surface area contributed by atoms with Gasteiger partial charge in [-0.05, 0) is 55.3 Å². The number of nitrogens with one attached hydrogen (secondary N) is 1. The first-order valence-corrected chi connectivity index (χ1v) is 7.30. The monoisotopic (exact) mass is 289 g/mol. The second-order valence-electron chi connectivity index (χ2n) is 4.84. The summed E-state index contributed by atoms with van der Waals surface area (Å²) in [5.41, 5.74) is 2.28. The Hall–Kier alpha value is -1.67. The SMILES string of the molecule is CCC(C)Oc1ccc(NCc2ccc(Cl)cc2)cc1. The zero-order chi connectivity index (χ0) is 14.4. The molecule has 0 saturated carbocycles. The molecule has 0 saturated heterocycles. The van der Waals surface area contributed by atoms with E-state index in [2.05, 4.69) is 19.2 Å². The summed E-state index contributed by atoms with van der Waals surface area (Å²) in [6.07, 6.45) is 1.26. The highest BCUT2D eigenvalue weighted by atomic mass is 35.5. The first-order valence-electron chi connectivity index (χ1n) is 6.92. The van der Waals surface area contributed by atoms with Gasteiger partial charge in [-0.15, -0.1) is 0 Å². The second-order valence-corrected chi connectivity index (χ2v) is 5.28. The van der Waals surface area contributed by atoms with Gasteiger partial charge in [-0.3, -0.25) is 0 Å². The zero-order valence-corrected chi connectivity index (χ0v) is 12.7. The third-order valence-electron chi connectivity index (χ3n) is 3.18. The fourth-order valence-electron chi connectivity index (χ4n) is 1.77. The minimum atomic E-state index is 0.253. The molecule has 0 heterocycles. The predicted octanol–water partition coefficient (Wildman–Crippen LogP) is 5.13. The predicted molar refractivity (Wildman–Crippen MR) is 85.6 cm³/mol.